The Labute approximate surface area is 131 Å². The first kappa shape index (κ1) is 13.6. The molecule has 0 fully saturated rings. The number of ether oxygens (including phenoxy) is 1. The third-order valence-electron chi connectivity index (χ3n) is 3.47. The lowest BCUT2D eigenvalue weighted by atomic mass is 10.2. The Morgan fingerprint density at radius 1 is 1.26 bits per heavy atom. The number of furan rings is 1. The van der Waals surface area contributed by atoms with Crippen molar-refractivity contribution in [3.63, 3.8) is 0 Å². The van der Waals surface area contributed by atoms with Crippen molar-refractivity contribution in [2.24, 2.45) is 20.9 Å². The summed E-state index contributed by atoms with van der Waals surface area (Å²) in [6.45, 7) is 0. The van der Waals surface area contributed by atoms with E-state index in [-0.39, 0.29) is 4.70 Å². The molecule has 2 aliphatic rings. The van der Waals surface area contributed by atoms with Crippen LogP contribution in [0.5, 0.6) is 5.88 Å². The first-order valence-corrected chi connectivity index (χ1v) is 6.86. The van der Waals surface area contributed by atoms with Crippen LogP contribution in [0.1, 0.15) is 11.3 Å². The zero-order valence-electron chi connectivity index (χ0n) is 12.2. The normalized spacial score (nSPS) is 22.3. The van der Waals surface area contributed by atoms with E-state index in [1.807, 2.05) is 6.07 Å². The molecule has 0 saturated heterocycles. The number of amidine groups is 2. The van der Waals surface area contributed by atoms with Crippen LogP contribution in [0.15, 0.2) is 62.4 Å². The molecule has 2 aromatic rings. The van der Waals surface area contributed by atoms with Gasteiger partial charge in [0.25, 0.3) is 11.7 Å². The molecule has 8 nitrogen and oxygen atoms in total. The van der Waals surface area contributed by atoms with Crippen LogP contribution in [0.25, 0.3) is 5.70 Å². The van der Waals surface area contributed by atoms with E-state index in [0.29, 0.717) is 29.0 Å². The Hall–Kier alpha value is -3.10. The maximum atomic E-state index is 6.31. The summed E-state index contributed by atoms with van der Waals surface area (Å²) in [5, 5.41) is 4.42. The van der Waals surface area contributed by atoms with Gasteiger partial charge in [0.15, 0.2) is 12.0 Å². The number of hydrogen-bond acceptors (Lipinski definition) is 7. The van der Waals surface area contributed by atoms with Gasteiger partial charge in [-0.25, -0.2) is 9.98 Å². The van der Waals surface area contributed by atoms with Crippen LogP contribution in [-0.4, -0.2) is 34.7 Å². The number of aliphatic imine (C=N–C) groups is 2. The standard InChI is InChI=1S/C15H13N6O2/c1-22-14-5-4-10(7-18-14)11-9-21(16)13(8-17-11)19-15(20-21)12-3-2-6-23-12/h2-9H,16H2,1H3/q+1. The predicted octanol–water partition coefficient (Wildman–Crippen LogP) is 1.53. The van der Waals surface area contributed by atoms with Gasteiger partial charge >= 0.3 is 0 Å². The Morgan fingerprint density at radius 3 is 2.87 bits per heavy atom. The Balaban J connectivity index is 1.71. The molecule has 4 rings (SSSR count). The topological polar surface area (TPSA) is 98.4 Å². The van der Waals surface area contributed by atoms with Gasteiger partial charge in [0, 0.05) is 17.8 Å². The third-order valence-corrected chi connectivity index (χ3v) is 3.47. The molecule has 0 bridgehead atoms. The van der Waals surface area contributed by atoms with Crippen LogP contribution < -0.4 is 10.6 Å². The molecule has 2 aliphatic heterocycles. The van der Waals surface area contributed by atoms with Gasteiger partial charge in [0.2, 0.25) is 5.88 Å². The van der Waals surface area contributed by atoms with Crippen molar-refractivity contribution in [1.82, 2.24) is 4.98 Å². The van der Waals surface area contributed by atoms with Crippen LogP contribution in [0.2, 0.25) is 0 Å². The fourth-order valence-corrected chi connectivity index (χ4v) is 2.29. The summed E-state index contributed by atoms with van der Waals surface area (Å²) in [7, 11) is 1.57. The predicted molar refractivity (Wildman–Crippen MR) is 84.4 cm³/mol. The van der Waals surface area contributed by atoms with Gasteiger partial charge in [-0.05, 0) is 28.0 Å². The van der Waals surface area contributed by atoms with E-state index in [9.17, 15) is 0 Å². The zero-order valence-corrected chi connectivity index (χ0v) is 12.2. The number of nitrogens with two attached hydrogens (primary N) is 1. The van der Waals surface area contributed by atoms with Gasteiger partial charge in [-0.15, -0.1) is 5.84 Å². The number of pyridine rings is 1. The summed E-state index contributed by atoms with van der Waals surface area (Å²) in [6, 6.07) is 7.17. The molecule has 0 radical (unpaired) electrons. The number of methoxy groups -OCH3 is 1. The maximum Gasteiger partial charge on any atom is 0.300 e. The molecule has 0 saturated carbocycles. The molecule has 1 unspecified atom stereocenters. The molecule has 8 heteroatoms. The first-order chi connectivity index (χ1) is 11.2. The minimum atomic E-state index is -0.305. The number of rotatable bonds is 3. The van der Waals surface area contributed by atoms with Crippen molar-refractivity contribution < 1.29 is 13.9 Å². The summed E-state index contributed by atoms with van der Waals surface area (Å²) >= 11 is 0. The lowest BCUT2D eigenvalue weighted by molar-refractivity contribution is -0.802. The second kappa shape index (κ2) is 4.97. The van der Waals surface area contributed by atoms with Gasteiger partial charge in [-0.2, -0.15) is 4.99 Å². The molecule has 1 atom stereocenters. The molecular weight excluding hydrogens is 296 g/mol. The van der Waals surface area contributed by atoms with E-state index < -0.39 is 0 Å². The maximum absolute atomic E-state index is 6.31. The van der Waals surface area contributed by atoms with E-state index >= 15 is 0 Å². The molecule has 0 aromatic carbocycles. The van der Waals surface area contributed by atoms with Gasteiger partial charge in [-0.1, -0.05) is 0 Å². The van der Waals surface area contributed by atoms with Gasteiger partial charge in [0.05, 0.1) is 13.4 Å². The summed E-state index contributed by atoms with van der Waals surface area (Å²) in [5.74, 6) is 8.35. The number of aromatic nitrogens is 1. The van der Waals surface area contributed by atoms with Crippen molar-refractivity contribution >= 4 is 23.6 Å². The number of quaternary nitrogens is 1. The lowest BCUT2D eigenvalue weighted by Gasteiger charge is -2.19. The van der Waals surface area contributed by atoms with E-state index in [1.54, 1.807) is 50.2 Å². The molecule has 0 spiro atoms. The van der Waals surface area contributed by atoms with Crippen LogP contribution in [0, 0.1) is 0 Å². The zero-order chi connectivity index (χ0) is 15.9. The molecule has 4 heterocycles. The van der Waals surface area contributed by atoms with Crippen LogP contribution in [-0.2, 0) is 0 Å². The van der Waals surface area contributed by atoms with Crippen LogP contribution in [0.3, 0.4) is 0 Å². The average molecular weight is 309 g/mol. The third kappa shape index (κ3) is 2.26. The molecule has 114 valence electrons. The molecule has 2 N–H and O–H groups in total. The van der Waals surface area contributed by atoms with Crippen molar-refractivity contribution in [3.8, 4) is 5.88 Å². The monoisotopic (exact) mass is 309 g/mol. The van der Waals surface area contributed by atoms with Crippen LogP contribution >= 0.6 is 0 Å². The van der Waals surface area contributed by atoms with Gasteiger partial charge in [0.1, 0.15) is 11.9 Å². The Morgan fingerprint density at radius 2 is 2.17 bits per heavy atom. The Bertz CT molecular complexity index is 864. The van der Waals surface area contributed by atoms with Crippen molar-refractivity contribution in [2.75, 3.05) is 7.11 Å². The average Bonchev–Trinajstić information content (AvgIpc) is 3.21. The number of hydrogen-bond donors (Lipinski definition) is 1. The SMILES string of the molecule is COc1ccc(C2=C[N+]3(N)N=C(c4ccco4)N=C3C=N2)cn1. The summed E-state index contributed by atoms with van der Waals surface area (Å²) in [6.07, 6.45) is 6.54. The van der Waals surface area contributed by atoms with Crippen molar-refractivity contribution in [3.05, 3.63) is 54.2 Å². The van der Waals surface area contributed by atoms with Crippen molar-refractivity contribution in [2.45, 2.75) is 0 Å². The molecule has 23 heavy (non-hydrogen) atoms. The van der Waals surface area contributed by atoms with E-state index in [2.05, 4.69) is 20.1 Å². The number of fused-ring (bicyclic) bond motifs is 1. The molecule has 0 amide bonds. The second-order valence-corrected chi connectivity index (χ2v) is 4.97. The van der Waals surface area contributed by atoms with Gasteiger partial charge < -0.3 is 9.15 Å². The molecule has 2 aromatic heterocycles. The fraction of sp³-hybridized carbons (Fsp3) is 0.0667. The summed E-state index contributed by atoms with van der Waals surface area (Å²) in [5.41, 5.74) is 1.47. The smallest absolute Gasteiger partial charge is 0.300 e. The minimum absolute atomic E-state index is 0.305. The highest BCUT2D eigenvalue weighted by molar-refractivity contribution is 6.32. The van der Waals surface area contributed by atoms with Crippen molar-refractivity contribution in [1.29, 1.82) is 0 Å². The number of nitrogens with zero attached hydrogens (tertiary/aromatic N) is 5. The largest absolute Gasteiger partial charge is 0.481 e. The quantitative estimate of drug-likeness (QED) is 0.686. The minimum Gasteiger partial charge on any atom is -0.481 e. The summed E-state index contributed by atoms with van der Waals surface area (Å²) in [4.78, 5) is 12.9. The highest BCUT2D eigenvalue weighted by Gasteiger charge is 2.40. The molecule has 0 aliphatic carbocycles. The highest BCUT2D eigenvalue weighted by atomic mass is 16.5. The fourth-order valence-electron chi connectivity index (χ4n) is 2.29. The highest BCUT2D eigenvalue weighted by Crippen LogP contribution is 2.26. The summed E-state index contributed by atoms with van der Waals surface area (Å²) < 4.78 is 10.1. The van der Waals surface area contributed by atoms with E-state index in [4.69, 9.17) is 15.0 Å². The second-order valence-electron chi connectivity index (χ2n) is 4.97. The van der Waals surface area contributed by atoms with Gasteiger partial charge in [-0.3, -0.25) is 0 Å². The Kier molecular flexibility index (Phi) is 2.93. The lowest BCUT2D eigenvalue weighted by Crippen LogP contribution is -2.50. The van der Waals surface area contributed by atoms with E-state index in [1.165, 1.54) is 0 Å². The van der Waals surface area contributed by atoms with E-state index in [0.717, 1.165) is 5.56 Å². The van der Waals surface area contributed by atoms with Crippen LogP contribution in [0.4, 0.5) is 0 Å². The molecular formula is C15H13N6O2+. The first-order valence-electron chi connectivity index (χ1n) is 6.86.